The second-order valence-corrected chi connectivity index (χ2v) is 5.33. The number of hydrogen-bond acceptors (Lipinski definition) is 3. The molecule has 0 unspecified atom stereocenters. The molecule has 2 aromatic carbocycles. The third-order valence-electron chi connectivity index (χ3n) is 3.89. The lowest BCUT2D eigenvalue weighted by atomic mass is 9.86. The molecule has 1 saturated heterocycles. The van der Waals surface area contributed by atoms with Crippen molar-refractivity contribution in [2.75, 3.05) is 18.0 Å². The SMILES string of the molecule is OC1(c2ccccc2)CN(c2nc3ccccc3[nH]2)C1. The van der Waals surface area contributed by atoms with E-state index in [4.69, 9.17) is 0 Å². The van der Waals surface area contributed by atoms with Gasteiger partial charge in [0.15, 0.2) is 0 Å². The normalized spacial score (nSPS) is 17.1. The lowest BCUT2D eigenvalue weighted by Crippen LogP contribution is -2.60. The van der Waals surface area contributed by atoms with Gasteiger partial charge in [0.1, 0.15) is 5.60 Å². The maximum absolute atomic E-state index is 10.6. The van der Waals surface area contributed by atoms with Crippen molar-refractivity contribution in [3.63, 3.8) is 0 Å². The molecule has 2 N–H and O–H groups in total. The van der Waals surface area contributed by atoms with Crippen molar-refractivity contribution < 1.29 is 5.11 Å². The zero-order chi connectivity index (χ0) is 13.6. The first-order valence-electron chi connectivity index (χ1n) is 6.72. The van der Waals surface area contributed by atoms with Crippen molar-refractivity contribution in [2.24, 2.45) is 0 Å². The van der Waals surface area contributed by atoms with Crippen LogP contribution in [0, 0.1) is 0 Å². The Labute approximate surface area is 116 Å². The lowest BCUT2D eigenvalue weighted by molar-refractivity contribution is 0.00666. The van der Waals surface area contributed by atoms with Gasteiger partial charge in [0.25, 0.3) is 0 Å². The molecule has 0 aliphatic carbocycles. The number of nitrogens with one attached hydrogen (secondary N) is 1. The number of imidazole rings is 1. The Morgan fingerprint density at radius 1 is 1.00 bits per heavy atom. The van der Waals surface area contributed by atoms with Crippen LogP contribution in [0.15, 0.2) is 54.6 Å². The van der Waals surface area contributed by atoms with Gasteiger partial charge in [0.05, 0.1) is 24.1 Å². The molecule has 2 heterocycles. The van der Waals surface area contributed by atoms with Crippen LogP contribution in [0.4, 0.5) is 5.95 Å². The first-order chi connectivity index (χ1) is 9.74. The molecule has 1 fully saturated rings. The highest BCUT2D eigenvalue weighted by atomic mass is 16.3. The van der Waals surface area contributed by atoms with E-state index in [0.717, 1.165) is 22.5 Å². The number of rotatable bonds is 2. The molecule has 0 atom stereocenters. The molecule has 1 aliphatic heterocycles. The van der Waals surface area contributed by atoms with Gasteiger partial charge in [-0.3, -0.25) is 0 Å². The van der Waals surface area contributed by atoms with E-state index in [9.17, 15) is 5.11 Å². The summed E-state index contributed by atoms with van der Waals surface area (Å²) in [5, 5.41) is 10.6. The molecule has 0 amide bonds. The lowest BCUT2D eigenvalue weighted by Gasteiger charge is -2.46. The van der Waals surface area contributed by atoms with Gasteiger partial charge < -0.3 is 15.0 Å². The molecule has 0 radical (unpaired) electrons. The van der Waals surface area contributed by atoms with Crippen molar-refractivity contribution in [3.8, 4) is 0 Å². The number of aliphatic hydroxyl groups is 1. The van der Waals surface area contributed by atoms with E-state index in [-0.39, 0.29) is 0 Å². The summed E-state index contributed by atoms with van der Waals surface area (Å²) in [5.74, 6) is 0.826. The molecule has 3 aromatic rings. The van der Waals surface area contributed by atoms with E-state index in [1.807, 2.05) is 54.6 Å². The second-order valence-electron chi connectivity index (χ2n) is 5.33. The Morgan fingerprint density at radius 2 is 1.70 bits per heavy atom. The molecule has 0 saturated carbocycles. The Morgan fingerprint density at radius 3 is 2.45 bits per heavy atom. The van der Waals surface area contributed by atoms with Crippen LogP contribution in [0.5, 0.6) is 0 Å². The number of H-pyrrole nitrogens is 1. The van der Waals surface area contributed by atoms with E-state index in [2.05, 4.69) is 14.9 Å². The predicted octanol–water partition coefficient (Wildman–Crippen LogP) is 2.27. The quantitative estimate of drug-likeness (QED) is 0.747. The number of para-hydroxylation sites is 2. The van der Waals surface area contributed by atoms with E-state index >= 15 is 0 Å². The van der Waals surface area contributed by atoms with Crippen LogP contribution in [-0.4, -0.2) is 28.2 Å². The fraction of sp³-hybridized carbons (Fsp3) is 0.188. The number of anilines is 1. The highest BCUT2D eigenvalue weighted by molar-refractivity contribution is 5.77. The Kier molecular flexibility index (Phi) is 2.35. The smallest absolute Gasteiger partial charge is 0.204 e. The van der Waals surface area contributed by atoms with Crippen LogP contribution < -0.4 is 4.90 Å². The van der Waals surface area contributed by atoms with Gasteiger partial charge in [-0.1, -0.05) is 42.5 Å². The van der Waals surface area contributed by atoms with Crippen LogP contribution in [-0.2, 0) is 5.60 Å². The number of aromatic amines is 1. The number of aromatic nitrogens is 2. The fourth-order valence-corrected chi connectivity index (χ4v) is 2.76. The van der Waals surface area contributed by atoms with E-state index in [0.29, 0.717) is 13.1 Å². The summed E-state index contributed by atoms with van der Waals surface area (Å²) in [6.45, 7) is 1.13. The maximum atomic E-state index is 10.6. The minimum atomic E-state index is -0.764. The predicted molar refractivity (Wildman–Crippen MR) is 78.6 cm³/mol. The summed E-state index contributed by atoms with van der Waals surface area (Å²) in [4.78, 5) is 9.91. The van der Waals surface area contributed by atoms with Crippen LogP contribution in [0.2, 0.25) is 0 Å². The van der Waals surface area contributed by atoms with E-state index < -0.39 is 5.60 Å². The average Bonchev–Trinajstić information content (AvgIpc) is 2.88. The summed E-state index contributed by atoms with van der Waals surface area (Å²) >= 11 is 0. The molecule has 4 nitrogen and oxygen atoms in total. The second kappa shape index (κ2) is 4.08. The molecule has 4 heteroatoms. The van der Waals surface area contributed by atoms with Gasteiger partial charge in [-0.15, -0.1) is 0 Å². The van der Waals surface area contributed by atoms with Crippen molar-refractivity contribution >= 4 is 17.0 Å². The van der Waals surface area contributed by atoms with Gasteiger partial charge in [0.2, 0.25) is 5.95 Å². The number of benzene rings is 2. The monoisotopic (exact) mass is 265 g/mol. The van der Waals surface area contributed by atoms with Crippen LogP contribution in [0.1, 0.15) is 5.56 Å². The van der Waals surface area contributed by atoms with Crippen LogP contribution in [0.3, 0.4) is 0 Å². The highest BCUT2D eigenvalue weighted by Crippen LogP contribution is 2.34. The van der Waals surface area contributed by atoms with Crippen molar-refractivity contribution in [1.29, 1.82) is 0 Å². The molecular weight excluding hydrogens is 250 g/mol. The Hall–Kier alpha value is -2.33. The van der Waals surface area contributed by atoms with Gasteiger partial charge >= 0.3 is 0 Å². The first kappa shape index (κ1) is 11.5. The number of fused-ring (bicyclic) bond motifs is 1. The zero-order valence-electron chi connectivity index (χ0n) is 11.0. The topological polar surface area (TPSA) is 52.1 Å². The van der Waals surface area contributed by atoms with E-state index in [1.54, 1.807) is 0 Å². The third kappa shape index (κ3) is 1.69. The molecule has 1 aromatic heterocycles. The summed E-state index contributed by atoms with van der Waals surface area (Å²) < 4.78 is 0. The summed E-state index contributed by atoms with van der Waals surface area (Å²) in [6, 6.07) is 17.8. The van der Waals surface area contributed by atoms with Gasteiger partial charge in [-0.25, -0.2) is 4.98 Å². The summed E-state index contributed by atoms with van der Waals surface area (Å²) in [7, 11) is 0. The molecular formula is C16H15N3O. The van der Waals surface area contributed by atoms with Crippen molar-refractivity contribution in [3.05, 3.63) is 60.2 Å². The van der Waals surface area contributed by atoms with Crippen LogP contribution in [0.25, 0.3) is 11.0 Å². The largest absolute Gasteiger partial charge is 0.381 e. The van der Waals surface area contributed by atoms with Gasteiger partial charge in [-0.2, -0.15) is 0 Å². The summed E-state index contributed by atoms with van der Waals surface area (Å²) in [6.07, 6.45) is 0. The Balaban J connectivity index is 1.59. The van der Waals surface area contributed by atoms with E-state index in [1.165, 1.54) is 0 Å². The van der Waals surface area contributed by atoms with Gasteiger partial charge in [0, 0.05) is 0 Å². The molecule has 100 valence electrons. The van der Waals surface area contributed by atoms with Crippen LogP contribution >= 0.6 is 0 Å². The minimum absolute atomic E-state index is 0.566. The highest BCUT2D eigenvalue weighted by Gasteiger charge is 2.43. The molecule has 20 heavy (non-hydrogen) atoms. The van der Waals surface area contributed by atoms with Gasteiger partial charge in [-0.05, 0) is 17.7 Å². The zero-order valence-corrected chi connectivity index (χ0v) is 11.0. The van der Waals surface area contributed by atoms with Crippen molar-refractivity contribution in [1.82, 2.24) is 9.97 Å². The molecule has 4 rings (SSSR count). The maximum Gasteiger partial charge on any atom is 0.204 e. The number of hydrogen-bond donors (Lipinski definition) is 2. The minimum Gasteiger partial charge on any atom is -0.381 e. The number of nitrogens with zero attached hydrogens (tertiary/aromatic N) is 2. The summed E-state index contributed by atoms with van der Waals surface area (Å²) in [5.41, 5.74) is 2.18. The third-order valence-corrected chi connectivity index (χ3v) is 3.89. The number of β-amino-alcohol motifs (C(OH)–C–C–N with tert-alkyl or cyclic N) is 1. The fourth-order valence-electron chi connectivity index (χ4n) is 2.76. The Bertz CT molecular complexity index is 712. The molecule has 0 bridgehead atoms. The standard InChI is InChI=1S/C16H15N3O/c20-16(12-6-2-1-3-7-12)10-19(11-16)15-17-13-8-4-5-9-14(13)18-15/h1-9,20H,10-11H2,(H,17,18). The average molecular weight is 265 g/mol. The molecule has 0 spiro atoms. The molecule has 1 aliphatic rings. The first-order valence-corrected chi connectivity index (χ1v) is 6.72. The van der Waals surface area contributed by atoms with Crippen molar-refractivity contribution in [2.45, 2.75) is 5.60 Å².